The van der Waals surface area contributed by atoms with E-state index in [9.17, 15) is 23.1 Å². The maximum Gasteiger partial charge on any atom is 0.321 e. The van der Waals surface area contributed by atoms with Gasteiger partial charge in [0.25, 0.3) is 0 Å². The molecule has 9 heteroatoms. The number of nitrogens with zero attached hydrogens (tertiary/aromatic N) is 3. The fraction of sp³-hybridized carbons (Fsp3) is 0.444. The Morgan fingerprint density at radius 1 is 1.19 bits per heavy atom. The number of carbonyl (C=O) groups is 1. The van der Waals surface area contributed by atoms with Crippen molar-refractivity contribution in [1.82, 2.24) is 14.7 Å². The molecule has 5 nitrogen and oxygen atoms in total. The lowest BCUT2D eigenvalue weighted by atomic mass is 9.85. The molecule has 0 aliphatic carbocycles. The Morgan fingerprint density at radius 2 is 1.92 bits per heavy atom. The topological polar surface area (TPSA) is 47.0 Å². The van der Waals surface area contributed by atoms with Crippen molar-refractivity contribution in [2.75, 3.05) is 40.3 Å². The van der Waals surface area contributed by atoms with E-state index in [0.29, 0.717) is 25.1 Å². The van der Waals surface area contributed by atoms with E-state index < -0.39 is 23.3 Å². The number of amides is 2. The molecule has 2 aliphatic heterocycles. The predicted octanol–water partition coefficient (Wildman–Crippen LogP) is 4.54. The van der Waals surface area contributed by atoms with Crippen LogP contribution in [0.4, 0.5) is 18.0 Å². The van der Waals surface area contributed by atoms with E-state index in [2.05, 4.69) is 0 Å². The van der Waals surface area contributed by atoms with Crippen molar-refractivity contribution >= 4 is 25.1 Å². The van der Waals surface area contributed by atoms with Crippen molar-refractivity contribution in [2.24, 2.45) is 0 Å². The Kier molecular flexibility index (Phi) is 9.13. The summed E-state index contributed by atoms with van der Waals surface area (Å²) in [6.07, 6.45) is 1.76. The molecule has 2 aliphatic rings. The fourth-order valence-electron chi connectivity index (χ4n) is 5.34. The van der Waals surface area contributed by atoms with Crippen LogP contribution < -0.4 is 0 Å². The average molecular weight is 522 g/mol. The average Bonchev–Trinajstić information content (AvgIpc) is 3.14. The smallest absolute Gasteiger partial charge is 0.321 e. The molecule has 1 fully saturated rings. The molecule has 2 amide bonds. The standard InChI is InChI=1S/C27H32F3N3O2.H2S/c1-31-12-10-23(14-22(29)18-31)32(2)26(35)33-17-19(24-15-21(28)8-9-25(24)30)16-27(33,11-13-34)20-6-4-3-5-7-20;/h3-9,15-16,22-23,34H,10-14,17-18H2,1-2H3;1H2. The number of rotatable bonds is 5. The van der Waals surface area contributed by atoms with Crippen molar-refractivity contribution in [3.05, 3.63) is 77.4 Å². The van der Waals surface area contributed by atoms with Gasteiger partial charge in [0.2, 0.25) is 0 Å². The van der Waals surface area contributed by atoms with Gasteiger partial charge >= 0.3 is 6.03 Å². The van der Waals surface area contributed by atoms with E-state index in [0.717, 1.165) is 23.8 Å². The van der Waals surface area contributed by atoms with Crippen LogP contribution >= 0.6 is 13.5 Å². The molecule has 2 heterocycles. The summed E-state index contributed by atoms with van der Waals surface area (Å²) in [5.74, 6) is -1.16. The van der Waals surface area contributed by atoms with Crippen LogP contribution in [0, 0.1) is 11.6 Å². The maximum atomic E-state index is 14.7. The summed E-state index contributed by atoms with van der Waals surface area (Å²) >= 11 is 0. The molecule has 0 spiro atoms. The van der Waals surface area contributed by atoms with Crippen LogP contribution in [0.15, 0.2) is 54.6 Å². The molecule has 3 atom stereocenters. The quantitative estimate of drug-likeness (QED) is 0.629. The molecule has 0 aromatic heterocycles. The number of aliphatic hydroxyl groups excluding tert-OH is 1. The summed E-state index contributed by atoms with van der Waals surface area (Å²) in [7, 11) is 3.53. The molecule has 0 radical (unpaired) electrons. The summed E-state index contributed by atoms with van der Waals surface area (Å²) in [5, 5.41) is 10.0. The monoisotopic (exact) mass is 521 g/mol. The summed E-state index contributed by atoms with van der Waals surface area (Å²) in [4.78, 5) is 19.1. The van der Waals surface area contributed by atoms with Crippen LogP contribution in [0.5, 0.6) is 0 Å². The van der Waals surface area contributed by atoms with E-state index in [-0.39, 0.29) is 57.1 Å². The predicted molar refractivity (Wildman–Crippen MR) is 140 cm³/mol. The van der Waals surface area contributed by atoms with Crippen molar-refractivity contribution in [2.45, 2.75) is 37.0 Å². The van der Waals surface area contributed by atoms with Gasteiger partial charge in [0, 0.05) is 51.2 Å². The summed E-state index contributed by atoms with van der Waals surface area (Å²) in [5.41, 5.74) is 0.240. The van der Waals surface area contributed by atoms with Crippen LogP contribution in [0.25, 0.3) is 5.57 Å². The molecule has 1 N–H and O–H groups in total. The molecule has 2 aromatic rings. The summed E-state index contributed by atoms with van der Waals surface area (Å²) in [6, 6.07) is 11.8. The first-order valence-corrected chi connectivity index (χ1v) is 12.0. The molecular formula is C27H34F3N3O2S. The largest absolute Gasteiger partial charge is 0.396 e. The Hall–Kier alpha value is -2.49. The summed E-state index contributed by atoms with van der Waals surface area (Å²) < 4.78 is 43.3. The summed E-state index contributed by atoms with van der Waals surface area (Å²) in [6.45, 7) is 0.801. The van der Waals surface area contributed by atoms with Crippen LogP contribution in [-0.4, -0.2) is 78.4 Å². The molecule has 1 saturated heterocycles. The minimum atomic E-state index is -1.06. The number of aliphatic hydroxyl groups is 1. The number of alkyl halides is 1. The van der Waals surface area contributed by atoms with Crippen LogP contribution in [-0.2, 0) is 5.54 Å². The first-order chi connectivity index (χ1) is 16.7. The second-order valence-electron chi connectivity index (χ2n) is 9.57. The SMILES string of the molecule is CN1CCC(N(C)C(=O)N2CC(c3cc(F)ccc3F)=CC2(CCO)c2ccccc2)CC(F)C1.S. The molecule has 36 heavy (non-hydrogen) atoms. The number of carbonyl (C=O) groups excluding carboxylic acids is 1. The van der Waals surface area contributed by atoms with Gasteiger partial charge in [-0.15, -0.1) is 0 Å². The third-order valence-electron chi connectivity index (χ3n) is 7.23. The number of benzene rings is 2. The maximum absolute atomic E-state index is 14.7. The highest BCUT2D eigenvalue weighted by atomic mass is 32.1. The molecule has 4 rings (SSSR count). The fourth-order valence-corrected chi connectivity index (χ4v) is 5.34. The Balaban J connectivity index is 0.00000361. The minimum absolute atomic E-state index is 0. The first-order valence-electron chi connectivity index (χ1n) is 12.0. The zero-order chi connectivity index (χ0) is 25.2. The third-order valence-corrected chi connectivity index (χ3v) is 7.23. The normalized spacial score (nSPS) is 24.6. The van der Waals surface area contributed by atoms with Crippen molar-refractivity contribution < 1.29 is 23.1 Å². The molecule has 2 aromatic carbocycles. The van der Waals surface area contributed by atoms with Crippen LogP contribution in [0.1, 0.15) is 30.4 Å². The van der Waals surface area contributed by atoms with Crippen molar-refractivity contribution in [3.63, 3.8) is 0 Å². The molecule has 196 valence electrons. The highest BCUT2D eigenvalue weighted by Crippen LogP contribution is 2.44. The molecule has 3 unspecified atom stereocenters. The lowest BCUT2D eigenvalue weighted by molar-refractivity contribution is 0.0956. The molecular weight excluding hydrogens is 487 g/mol. The zero-order valence-corrected chi connectivity index (χ0v) is 21.6. The molecule has 0 saturated carbocycles. The van der Waals surface area contributed by atoms with Gasteiger partial charge in [0.15, 0.2) is 0 Å². The Bertz CT molecular complexity index is 1090. The van der Waals surface area contributed by atoms with Gasteiger partial charge in [-0.1, -0.05) is 30.3 Å². The van der Waals surface area contributed by atoms with Gasteiger partial charge < -0.3 is 19.8 Å². The van der Waals surface area contributed by atoms with E-state index in [1.165, 1.54) is 0 Å². The number of likely N-dealkylation sites (tertiary alicyclic amines) is 1. The van der Waals surface area contributed by atoms with Gasteiger partial charge in [-0.25, -0.2) is 18.0 Å². The number of hydrogen-bond donors (Lipinski definition) is 1. The van der Waals surface area contributed by atoms with E-state index in [1.54, 1.807) is 22.9 Å². The second kappa shape index (κ2) is 11.7. The minimum Gasteiger partial charge on any atom is -0.396 e. The second-order valence-corrected chi connectivity index (χ2v) is 9.57. The Morgan fingerprint density at radius 3 is 2.61 bits per heavy atom. The zero-order valence-electron chi connectivity index (χ0n) is 20.6. The van der Waals surface area contributed by atoms with Gasteiger partial charge in [-0.2, -0.15) is 13.5 Å². The van der Waals surface area contributed by atoms with Crippen molar-refractivity contribution in [1.29, 1.82) is 0 Å². The molecule has 0 bridgehead atoms. The van der Waals surface area contributed by atoms with Gasteiger partial charge in [-0.3, -0.25) is 0 Å². The van der Waals surface area contributed by atoms with E-state index in [1.807, 2.05) is 42.3 Å². The third kappa shape index (κ3) is 5.58. The highest BCUT2D eigenvalue weighted by Gasteiger charge is 2.46. The van der Waals surface area contributed by atoms with Crippen molar-refractivity contribution in [3.8, 4) is 0 Å². The number of halogens is 3. The number of hydrogen-bond acceptors (Lipinski definition) is 3. The van der Waals surface area contributed by atoms with Crippen LogP contribution in [0.2, 0.25) is 0 Å². The van der Waals surface area contributed by atoms with E-state index in [4.69, 9.17) is 0 Å². The van der Waals surface area contributed by atoms with Gasteiger partial charge in [-0.05, 0) is 55.4 Å². The first kappa shape index (κ1) is 28.1. The van der Waals surface area contributed by atoms with Gasteiger partial charge in [0.05, 0.1) is 5.54 Å². The Labute approximate surface area is 217 Å². The highest BCUT2D eigenvalue weighted by molar-refractivity contribution is 7.59. The van der Waals surface area contributed by atoms with Crippen LogP contribution in [0.3, 0.4) is 0 Å². The number of urea groups is 1. The lowest BCUT2D eigenvalue weighted by Gasteiger charge is -2.42. The lowest BCUT2D eigenvalue weighted by Crippen LogP contribution is -2.53. The van der Waals surface area contributed by atoms with Gasteiger partial charge in [0.1, 0.15) is 17.8 Å². The van der Waals surface area contributed by atoms with E-state index >= 15 is 0 Å².